The van der Waals surface area contributed by atoms with Gasteiger partial charge in [0, 0.05) is 0 Å². The van der Waals surface area contributed by atoms with Gasteiger partial charge in [-0.2, -0.15) is 0 Å². The molecule has 0 unspecified atom stereocenters. The number of anilines is 3. The van der Waals surface area contributed by atoms with Crippen LogP contribution in [0.3, 0.4) is 0 Å². The molecule has 2 heteroatoms. The van der Waals surface area contributed by atoms with Crippen molar-refractivity contribution in [3.8, 4) is 33.4 Å². The minimum atomic E-state index is 0.268. The zero-order valence-corrected chi connectivity index (χ0v) is 28.0. The van der Waals surface area contributed by atoms with Gasteiger partial charge in [-0.3, -0.25) is 0 Å². The molecule has 0 saturated heterocycles. The Bertz CT molecular complexity index is 2560. The fourth-order valence-corrected chi connectivity index (χ4v) is 9.65. The molecule has 0 N–H and O–H groups in total. The molecule has 0 saturated carbocycles. The summed E-state index contributed by atoms with van der Waals surface area (Å²) in [7, 11) is 0. The molecule has 0 atom stereocenters. The summed E-state index contributed by atoms with van der Waals surface area (Å²) in [6, 6.07) is 68.5. The first-order valence-corrected chi connectivity index (χ1v) is 18.1. The van der Waals surface area contributed by atoms with Crippen molar-refractivity contribution < 1.29 is 0 Å². The second kappa shape index (κ2) is 12.2. The Hall–Kier alpha value is -5.66. The van der Waals surface area contributed by atoms with E-state index in [0.29, 0.717) is 0 Å². The maximum Gasteiger partial charge on any atom is -0.0544 e. The zero-order chi connectivity index (χ0) is 31.9. The Kier molecular flexibility index (Phi) is 7.24. The SMILES string of the molecule is c1ccc(-c2ccccc2-c2ccccc2-c2ccccc2N(c2ccccc2)c2ccc3ccc4c5ccccc5[se]c4c3c2)cc1. The number of benzene rings is 8. The summed E-state index contributed by atoms with van der Waals surface area (Å²) in [6.45, 7) is 0. The van der Waals surface area contributed by atoms with Gasteiger partial charge in [-0.15, -0.1) is 0 Å². The molecule has 1 heterocycles. The van der Waals surface area contributed by atoms with Crippen molar-refractivity contribution >= 4 is 61.6 Å². The normalized spacial score (nSPS) is 11.3. The fraction of sp³-hybridized carbons (Fsp3) is 0. The maximum absolute atomic E-state index is 2.43. The molecule has 0 aliphatic rings. The van der Waals surface area contributed by atoms with Crippen molar-refractivity contribution in [2.75, 3.05) is 4.90 Å². The average molecular weight is 677 g/mol. The molecule has 0 aliphatic heterocycles. The third-order valence-corrected chi connectivity index (χ3v) is 11.8. The van der Waals surface area contributed by atoms with E-state index in [1.54, 1.807) is 0 Å². The molecule has 0 radical (unpaired) electrons. The molecule has 226 valence electrons. The molecule has 0 fully saturated rings. The van der Waals surface area contributed by atoms with Gasteiger partial charge in [-0.25, -0.2) is 0 Å². The van der Waals surface area contributed by atoms with Gasteiger partial charge in [-0.1, -0.05) is 36.4 Å². The van der Waals surface area contributed by atoms with Crippen molar-refractivity contribution in [3.05, 3.63) is 188 Å². The van der Waals surface area contributed by atoms with Crippen LogP contribution < -0.4 is 4.90 Å². The first-order valence-electron chi connectivity index (χ1n) is 16.4. The number of hydrogen-bond acceptors (Lipinski definition) is 1. The van der Waals surface area contributed by atoms with E-state index in [-0.39, 0.29) is 14.5 Å². The fourth-order valence-electron chi connectivity index (χ4n) is 7.07. The largest absolute Gasteiger partial charge is 0.0617 e. The van der Waals surface area contributed by atoms with Crippen LogP contribution in [0.5, 0.6) is 0 Å². The van der Waals surface area contributed by atoms with Crippen molar-refractivity contribution in [1.29, 1.82) is 0 Å². The van der Waals surface area contributed by atoms with Crippen LogP contribution in [-0.2, 0) is 0 Å². The summed E-state index contributed by atoms with van der Waals surface area (Å²) < 4.78 is 2.95. The second-order valence-corrected chi connectivity index (χ2v) is 14.3. The molecule has 0 aliphatic carbocycles. The topological polar surface area (TPSA) is 3.24 Å². The maximum atomic E-state index is 2.43. The van der Waals surface area contributed by atoms with Gasteiger partial charge in [0.05, 0.1) is 0 Å². The van der Waals surface area contributed by atoms with Gasteiger partial charge in [0.15, 0.2) is 0 Å². The van der Waals surface area contributed by atoms with Crippen LogP contribution in [0.1, 0.15) is 0 Å². The summed E-state index contributed by atoms with van der Waals surface area (Å²) in [6.07, 6.45) is 0. The van der Waals surface area contributed by atoms with Crippen LogP contribution in [0.15, 0.2) is 188 Å². The number of rotatable bonds is 6. The van der Waals surface area contributed by atoms with E-state index in [4.69, 9.17) is 0 Å². The van der Waals surface area contributed by atoms with Crippen LogP contribution in [0, 0.1) is 0 Å². The molecule has 0 amide bonds. The van der Waals surface area contributed by atoms with E-state index < -0.39 is 0 Å². The Morgan fingerprint density at radius 2 is 0.917 bits per heavy atom. The van der Waals surface area contributed by atoms with Gasteiger partial charge in [0.25, 0.3) is 0 Å². The third-order valence-electron chi connectivity index (χ3n) is 9.28. The van der Waals surface area contributed by atoms with Crippen molar-refractivity contribution in [2.45, 2.75) is 0 Å². The van der Waals surface area contributed by atoms with Gasteiger partial charge < -0.3 is 0 Å². The van der Waals surface area contributed by atoms with Gasteiger partial charge in [0.1, 0.15) is 0 Å². The van der Waals surface area contributed by atoms with Gasteiger partial charge >= 0.3 is 252 Å². The standard InChI is InChI=1S/C46H31NSe/c1-3-15-32(16-4-1)36-19-7-8-20-37(36)38-21-9-10-22-39(38)40-23-11-13-25-44(40)47(34-17-5-2-6-18-34)35-29-27-33-28-30-42-41-24-12-14-26-45(41)48-46(42)43(33)31-35/h1-31H. The van der Waals surface area contributed by atoms with Crippen molar-refractivity contribution in [1.82, 2.24) is 0 Å². The predicted octanol–water partition coefficient (Wildman–Crippen LogP) is 12.7. The Balaban J connectivity index is 1.27. The minimum Gasteiger partial charge on any atom is -0.0617 e. The summed E-state index contributed by atoms with van der Waals surface area (Å²) in [5.74, 6) is 0. The molecule has 1 aromatic heterocycles. The van der Waals surface area contributed by atoms with Gasteiger partial charge in [-0.05, 0) is 0 Å². The summed E-state index contributed by atoms with van der Waals surface area (Å²) in [4.78, 5) is 2.43. The molecule has 9 rings (SSSR count). The molecule has 8 aromatic carbocycles. The van der Waals surface area contributed by atoms with E-state index in [1.807, 2.05) is 0 Å². The van der Waals surface area contributed by atoms with E-state index in [0.717, 1.165) is 17.1 Å². The number of nitrogens with zero attached hydrogens (tertiary/aromatic N) is 1. The van der Waals surface area contributed by atoms with E-state index in [1.165, 1.54) is 63.4 Å². The third kappa shape index (κ3) is 4.95. The van der Waals surface area contributed by atoms with E-state index >= 15 is 0 Å². The second-order valence-electron chi connectivity index (χ2n) is 12.1. The van der Waals surface area contributed by atoms with E-state index in [9.17, 15) is 0 Å². The Morgan fingerprint density at radius 3 is 1.69 bits per heavy atom. The number of hydrogen-bond donors (Lipinski definition) is 0. The molecular formula is C46H31NSe. The molecule has 1 nitrogen and oxygen atoms in total. The summed E-state index contributed by atoms with van der Waals surface area (Å²) in [5.41, 5.74) is 10.7. The molecular weight excluding hydrogens is 645 g/mol. The zero-order valence-electron chi connectivity index (χ0n) is 26.3. The Labute approximate surface area is 286 Å². The van der Waals surface area contributed by atoms with E-state index in [2.05, 4.69) is 193 Å². The molecule has 0 spiro atoms. The van der Waals surface area contributed by atoms with Gasteiger partial charge in [0.2, 0.25) is 0 Å². The smallest absolute Gasteiger partial charge is 0.0544 e. The monoisotopic (exact) mass is 677 g/mol. The predicted molar refractivity (Wildman–Crippen MR) is 207 cm³/mol. The van der Waals surface area contributed by atoms with Crippen LogP contribution in [0.4, 0.5) is 17.1 Å². The summed E-state index contributed by atoms with van der Waals surface area (Å²) in [5, 5.41) is 5.40. The number of fused-ring (bicyclic) bond motifs is 5. The molecule has 0 bridgehead atoms. The van der Waals surface area contributed by atoms with Crippen LogP contribution in [0.2, 0.25) is 0 Å². The molecule has 9 aromatic rings. The van der Waals surface area contributed by atoms with Crippen LogP contribution in [-0.4, -0.2) is 14.5 Å². The van der Waals surface area contributed by atoms with Crippen LogP contribution >= 0.6 is 0 Å². The first-order chi connectivity index (χ1) is 23.8. The molecule has 48 heavy (non-hydrogen) atoms. The van der Waals surface area contributed by atoms with Crippen molar-refractivity contribution in [3.63, 3.8) is 0 Å². The first kappa shape index (κ1) is 28.6. The van der Waals surface area contributed by atoms with Crippen molar-refractivity contribution in [2.24, 2.45) is 0 Å². The average Bonchev–Trinajstić information content (AvgIpc) is 3.55. The number of para-hydroxylation sites is 2. The van der Waals surface area contributed by atoms with Crippen LogP contribution in [0.25, 0.3) is 63.4 Å². The quantitative estimate of drug-likeness (QED) is 0.159. The summed E-state index contributed by atoms with van der Waals surface area (Å²) >= 11 is 0.268. The minimum absolute atomic E-state index is 0.268. The Morgan fingerprint density at radius 1 is 0.354 bits per heavy atom.